The van der Waals surface area contributed by atoms with Crippen LogP contribution in [-0.4, -0.2) is 16.1 Å². The smallest absolute Gasteiger partial charge is 0.313 e. The van der Waals surface area contributed by atoms with Crippen molar-refractivity contribution < 1.29 is 9.21 Å². The van der Waals surface area contributed by atoms with E-state index in [1.54, 1.807) is 12.1 Å². The van der Waals surface area contributed by atoms with E-state index < -0.39 is 5.91 Å². The second-order valence-corrected chi connectivity index (χ2v) is 5.13. The lowest BCUT2D eigenvalue weighted by Crippen LogP contribution is -2.13. The monoisotopic (exact) mass is 313 g/mol. The van der Waals surface area contributed by atoms with E-state index in [1.807, 2.05) is 43.3 Å². The summed E-state index contributed by atoms with van der Waals surface area (Å²) in [5, 5.41) is 10.9. The second-order valence-electron chi connectivity index (χ2n) is 4.69. The third kappa shape index (κ3) is 2.99. The zero-order valence-corrected chi connectivity index (χ0v) is 12.5. The van der Waals surface area contributed by atoms with Gasteiger partial charge in [-0.3, -0.25) is 4.79 Å². The standard InChI is InChI=1S/C16H12ClN3O2/c1-10-7-8-12(17)9-13(10)18-14(21)16-20-19-15(22-16)11-5-3-2-4-6-11/h2-9H,1H3,(H,18,21). The van der Waals surface area contributed by atoms with Crippen LogP contribution in [0.25, 0.3) is 11.5 Å². The first-order chi connectivity index (χ1) is 10.6. The van der Waals surface area contributed by atoms with Crippen LogP contribution >= 0.6 is 11.6 Å². The molecule has 3 rings (SSSR count). The largest absolute Gasteiger partial charge is 0.412 e. The molecule has 0 aliphatic heterocycles. The molecule has 1 aromatic heterocycles. The highest BCUT2D eigenvalue weighted by molar-refractivity contribution is 6.31. The summed E-state index contributed by atoms with van der Waals surface area (Å²) < 4.78 is 5.41. The molecule has 22 heavy (non-hydrogen) atoms. The predicted octanol–water partition coefficient (Wildman–Crippen LogP) is 3.95. The molecule has 1 heterocycles. The number of hydrogen-bond donors (Lipinski definition) is 1. The fourth-order valence-electron chi connectivity index (χ4n) is 1.92. The molecule has 3 aromatic rings. The summed E-state index contributed by atoms with van der Waals surface area (Å²) in [5.74, 6) is -0.271. The van der Waals surface area contributed by atoms with E-state index in [2.05, 4.69) is 15.5 Å². The fraction of sp³-hybridized carbons (Fsp3) is 0.0625. The van der Waals surface area contributed by atoms with Gasteiger partial charge in [0.05, 0.1) is 0 Å². The van der Waals surface area contributed by atoms with Crippen LogP contribution in [0.1, 0.15) is 16.2 Å². The molecule has 0 atom stereocenters. The van der Waals surface area contributed by atoms with Crippen molar-refractivity contribution in [2.45, 2.75) is 6.92 Å². The average Bonchev–Trinajstić information content (AvgIpc) is 3.02. The molecule has 0 aliphatic carbocycles. The molecule has 0 saturated heterocycles. The molecular formula is C16H12ClN3O2. The number of halogens is 1. The Kier molecular flexibility index (Phi) is 3.89. The molecule has 0 radical (unpaired) electrons. The third-order valence-corrected chi connectivity index (χ3v) is 3.32. The maximum absolute atomic E-state index is 12.2. The van der Waals surface area contributed by atoms with Gasteiger partial charge in [0.2, 0.25) is 5.89 Å². The van der Waals surface area contributed by atoms with E-state index in [4.69, 9.17) is 16.0 Å². The Labute approximate surface area is 131 Å². The van der Waals surface area contributed by atoms with Crippen molar-refractivity contribution in [1.29, 1.82) is 0 Å². The summed E-state index contributed by atoms with van der Waals surface area (Å²) in [6.07, 6.45) is 0. The van der Waals surface area contributed by atoms with Crippen LogP contribution in [-0.2, 0) is 0 Å². The van der Waals surface area contributed by atoms with Gasteiger partial charge < -0.3 is 9.73 Å². The topological polar surface area (TPSA) is 68.0 Å². The number of nitrogens with one attached hydrogen (secondary N) is 1. The summed E-state index contributed by atoms with van der Waals surface area (Å²) in [6, 6.07) is 14.5. The van der Waals surface area contributed by atoms with Gasteiger partial charge in [-0.15, -0.1) is 10.2 Å². The SMILES string of the molecule is Cc1ccc(Cl)cc1NC(=O)c1nnc(-c2ccccc2)o1. The van der Waals surface area contributed by atoms with Gasteiger partial charge in [-0.1, -0.05) is 35.9 Å². The van der Waals surface area contributed by atoms with Crippen molar-refractivity contribution in [3.8, 4) is 11.5 Å². The molecular weight excluding hydrogens is 302 g/mol. The maximum Gasteiger partial charge on any atom is 0.313 e. The summed E-state index contributed by atoms with van der Waals surface area (Å²) >= 11 is 5.93. The van der Waals surface area contributed by atoms with Crippen LogP contribution in [0.4, 0.5) is 5.69 Å². The van der Waals surface area contributed by atoms with Gasteiger partial charge in [0, 0.05) is 16.3 Å². The molecule has 0 fully saturated rings. The number of carbonyl (C=O) groups excluding carboxylic acids is 1. The van der Waals surface area contributed by atoms with Gasteiger partial charge in [-0.05, 0) is 36.8 Å². The van der Waals surface area contributed by atoms with Gasteiger partial charge in [-0.25, -0.2) is 0 Å². The number of benzene rings is 2. The quantitative estimate of drug-likeness (QED) is 0.795. The summed E-state index contributed by atoms with van der Waals surface area (Å²) in [5.41, 5.74) is 2.26. The predicted molar refractivity (Wildman–Crippen MR) is 83.9 cm³/mol. The van der Waals surface area contributed by atoms with Crippen LogP contribution in [0.5, 0.6) is 0 Å². The molecule has 0 saturated carbocycles. The second kappa shape index (κ2) is 5.99. The van der Waals surface area contributed by atoms with Crippen molar-refractivity contribution in [3.05, 3.63) is 65.0 Å². The zero-order chi connectivity index (χ0) is 15.5. The third-order valence-electron chi connectivity index (χ3n) is 3.09. The molecule has 0 bridgehead atoms. The van der Waals surface area contributed by atoms with Crippen molar-refractivity contribution in [2.24, 2.45) is 0 Å². The number of nitrogens with zero attached hydrogens (tertiary/aromatic N) is 2. The van der Waals surface area contributed by atoms with Crippen molar-refractivity contribution in [2.75, 3.05) is 5.32 Å². The summed E-state index contributed by atoms with van der Waals surface area (Å²) in [4.78, 5) is 12.2. The Balaban J connectivity index is 1.81. The lowest BCUT2D eigenvalue weighted by molar-refractivity contribution is 0.0990. The van der Waals surface area contributed by atoms with Crippen LogP contribution < -0.4 is 5.32 Å². The molecule has 110 valence electrons. The first kappa shape index (κ1) is 14.3. The van der Waals surface area contributed by atoms with Crippen LogP contribution in [0.2, 0.25) is 5.02 Å². The van der Waals surface area contributed by atoms with E-state index >= 15 is 0 Å². The normalized spacial score (nSPS) is 10.5. The first-order valence-corrected chi connectivity index (χ1v) is 6.98. The number of carbonyl (C=O) groups is 1. The van der Waals surface area contributed by atoms with Crippen molar-refractivity contribution in [1.82, 2.24) is 10.2 Å². The van der Waals surface area contributed by atoms with E-state index in [9.17, 15) is 4.79 Å². The zero-order valence-electron chi connectivity index (χ0n) is 11.7. The summed E-state index contributed by atoms with van der Waals surface area (Å²) in [7, 11) is 0. The van der Waals surface area contributed by atoms with Gasteiger partial charge in [-0.2, -0.15) is 0 Å². The molecule has 5 nitrogen and oxygen atoms in total. The van der Waals surface area contributed by atoms with Crippen molar-refractivity contribution in [3.63, 3.8) is 0 Å². The molecule has 2 aromatic carbocycles. The molecule has 1 amide bonds. The van der Waals surface area contributed by atoms with Gasteiger partial charge in [0.15, 0.2) is 0 Å². The average molecular weight is 314 g/mol. The van der Waals surface area contributed by atoms with Crippen molar-refractivity contribution >= 4 is 23.2 Å². The van der Waals surface area contributed by atoms with Crippen LogP contribution in [0, 0.1) is 6.92 Å². The minimum absolute atomic E-state index is 0.0989. The Morgan fingerprint density at radius 3 is 2.68 bits per heavy atom. The maximum atomic E-state index is 12.2. The molecule has 0 aliphatic rings. The Morgan fingerprint density at radius 1 is 1.14 bits per heavy atom. The summed E-state index contributed by atoms with van der Waals surface area (Å²) in [6.45, 7) is 1.87. The molecule has 1 N–H and O–H groups in total. The highest BCUT2D eigenvalue weighted by Gasteiger charge is 2.16. The fourth-order valence-corrected chi connectivity index (χ4v) is 2.09. The van der Waals surface area contributed by atoms with Gasteiger partial charge >= 0.3 is 11.8 Å². The lowest BCUT2D eigenvalue weighted by atomic mass is 10.2. The van der Waals surface area contributed by atoms with Crippen LogP contribution in [0.3, 0.4) is 0 Å². The Morgan fingerprint density at radius 2 is 1.91 bits per heavy atom. The first-order valence-electron chi connectivity index (χ1n) is 6.60. The Hall–Kier alpha value is -2.66. The molecule has 0 spiro atoms. The van der Waals surface area contributed by atoms with E-state index in [-0.39, 0.29) is 5.89 Å². The Bertz CT molecular complexity index is 815. The lowest BCUT2D eigenvalue weighted by Gasteiger charge is -2.06. The minimum atomic E-state index is -0.472. The van der Waals surface area contributed by atoms with E-state index in [0.29, 0.717) is 16.6 Å². The number of hydrogen-bond acceptors (Lipinski definition) is 4. The highest BCUT2D eigenvalue weighted by atomic mass is 35.5. The number of anilines is 1. The number of aromatic nitrogens is 2. The van der Waals surface area contributed by atoms with Crippen LogP contribution in [0.15, 0.2) is 52.9 Å². The van der Waals surface area contributed by atoms with Gasteiger partial charge in [0.1, 0.15) is 0 Å². The minimum Gasteiger partial charge on any atom is -0.412 e. The van der Waals surface area contributed by atoms with E-state index in [0.717, 1.165) is 11.1 Å². The molecule has 0 unspecified atom stereocenters. The van der Waals surface area contributed by atoms with Gasteiger partial charge in [0.25, 0.3) is 0 Å². The highest BCUT2D eigenvalue weighted by Crippen LogP contribution is 2.22. The number of amides is 1. The number of aryl methyl sites for hydroxylation is 1. The number of rotatable bonds is 3. The van der Waals surface area contributed by atoms with E-state index in [1.165, 1.54) is 0 Å². The molecule has 6 heteroatoms.